The Kier molecular flexibility index (Phi) is 1.46. The van der Waals surface area contributed by atoms with E-state index in [0.29, 0.717) is 0 Å². The molecule has 2 heterocycles. The summed E-state index contributed by atoms with van der Waals surface area (Å²) in [5.41, 5.74) is 0. The molecule has 2 saturated heterocycles. The maximum atomic E-state index is 2.47. The van der Waals surface area contributed by atoms with Gasteiger partial charge in [-0.3, -0.25) is 0 Å². The Hall–Kier alpha value is 0.310. The summed E-state index contributed by atoms with van der Waals surface area (Å²) in [4.78, 5) is 2.47. The Morgan fingerprint density at radius 1 is 1.22 bits per heavy atom. The lowest BCUT2D eigenvalue weighted by molar-refractivity contribution is 0.345. The Bertz CT molecular complexity index is 103. The molecule has 0 aromatic rings. The minimum absolute atomic E-state index is 0.980. The second kappa shape index (κ2) is 2.17. The standard InChI is InChI=1S/C7H13NS/c1-8-4-6-2-3-7(5-8)9-6/h6-7H,2-5H2,1H3. The molecule has 0 spiro atoms. The van der Waals surface area contributed by atoms with E-state index >= 15 is 0 Å². The summed E-state index contributed by atoms with van der Waals surface area (Å²) in [5.74, 6) is 0. The van der Waals surface area contributed by atoms with Gasteiger partial charge in [0.05, 0.1) is 0 Å². The highest BCUT2D eigenvalue weighted by molar-refractivity contribution is 8.00. The fourth-order valence-electron chi connectivity index (χ4n) is 1.82. The van der Waals surface area contributed by atoms with Crippen LogP contribution in [0.4, 0.5) is 0 Å². The average Bonchev–Trinajstić information content (AvgIpc) is 2.11. The SMILES string of the molecule is CN1CC2CCC(C1)S2. The van der Waals surface area contributed by atoms with Crippen molar-refractivity contribution in [2.24, 2.45) is 0 Å². The first kappa shape index (κ1) is 6.05. The van der Waals surface area contributed by atoms with E-state index in [2.05, 4.69) is 23.7 Å². The third kappa shape index (κ3) is 1.10. The molecule has 0 aromatic heterocycles. The van der Waals surface area contributed by atoms with E-state index in [4.69, 9.17) is 0 Å². The summed E-state index contributed by atoms with van der Waals surface area (Å²) in [6.45, 7) is 2.67. The summed E-state index contributed by atoms with van der Waals surface area (Å²) in [6, 6.07) is 0. The lowest BCUT2D eigenvalue weighted by atomic mass is 10.2. The van der Waals surface area contributed by atoms with Gasteiger partial charge in [0, 0.05) is 23.6 Å². The quantitative estimate of drug-likeness (QED) is 0.501. The van der Waals surface area contributed by atoms with E-state index in [9.17, 15) is 0 Å². The van der Waals surface area contributed by atoms with Crippen molar-refractivity contribution in [3.05, 3.63) is 0 Å². The van der Waals surface area contributed by atoms with Crippen molar-refractivity contribution in [3.8, 4) is 0 Å². The number of hydrogen-bond acceptors (Lipinski definition) is 2. The van der Waals surface area contributed by atoms with Crippen LogP contribution in [-0.4, -0.2) is 35.5 Å². The van der Waals surface area contributed by atoms with Crippen LogP contribution in [0.3, 0.4) is 0 Å². The molecule has 2 bridgehead atoms. The van der Waals surface area contributed by atoms with Gasteiger partial charge in [-0.15, -0.1) is 0 Å². The summed E-state index contributed by atoms with van der Waals surface area (Å²) in [7, 11) is 2.24. The average molecular weight is 143 g/mol. The fraction of sp³-hybridized carbons (Fsp3) is 1.00. The van der Waals surface area contributed by atoms with Crippen molar-refractivity contribution in [2.75, 3.05) is 20.1 Å². The summed E-state index contributed by atoms with van der Waals surface area (Å²) in [5, 5.41) is 1.96. The molecular weight excluding hydrogens is 130 g/mol. The largest absolute Gasteiger partial charge is 0.304 e. The van der Waals surface area contributed by atoms with Crippen molar-refractivity contribution in [1.82, 2.24) is 4.90 Å². The smallest absolute Gasteiger partial charge is 0.0178 e. The third-order valence-electron chi connectivity index (χ3n) is 2.23. The van der Waals surface area contributed by atoms with Crippen LogP contribution in [0.5, 0.6) is 0 Å². The Labute approximate surface area is 60.8 Å². The summed E-state index contributed by atoms with van der Waals surface area (Å²) in [6.07, 6.45) is 2.94. The van der Waals surface area contributed by atoms with E-state index in [1.54, 1.807) is 0 Å². The second-order valence-corrected chi connectivity index (χ2v) is 4.78. The molecule has 2 fully saturated rings. The minimum atomic E-state index is 0.980. The van der Waals surface area contributed by atoms with Crippen LogP contribution in [0.2, 0.25) is 0 Å². The molecule has 2 heteroatoms. The second-order valence-electron chi connectivity index (χ2n) is 3.18. The third-order valence-corrected chi connectivity index (χ3v) is 3.77. The fourth-order valence-corrected chi connectivity index (χ4v) is 3.59. The van der Waals surface area contributed by atoms with E-state index < -0.39 is 0 Å². The number of nitrogens with zero attached hydrogens (tertiary/aromatic N) is 1. The number of hydrogen-bond donors (Lipinski definition) is 0. The first-order chi connectivity index (χ1) is 4.34. The zero-order chi connectivity index (χ0) is 6.27. The molecule has 0 amide bonds. The van der Waals surface area contributed by atoms with Crippen molar-refractivity contribution in [1.29, 1.82) is 0 Å². The van der Waals surface area contributed by atoms with Crippen LogP contribution in [0.15, 0.2) is 0 Å². The highest BCUT2D eigenvalue weighted by Crippen LogP contribution is 2.37. The molecule has 1 nitrogen and oxygen atoms in total. The van der Waals surface area contributed by atoms with E-state index in [1.165, 1.54) is 25.9 Å². The molecular formula is C7H13NS. The summed E-state index contributed by atoms with van der Waals surface area (Å²) >= 11 is 2.21. The van der Waals surface area contributed by atoms with Gasteiger partial charge >= 0.3 is 0 Å². The van der Waals surface area contributed by atoms with Gasteiger partial charge in [-0.1, -0.05) is 0 Å². The lowest BCUT2D eigenvalue weighted by Gasteiger charge is -2.27. The Balaban J connectivity index is 2.03. The molecule has 0 N–H and O–H groups in total. The molecule has 0 aromatic carbocycles. The maximum Gasteiger partial charge on any atom is 0.0178 e. The normalized spacial score (nSPS) is 43.7. The molecule has 52 valence electrons. The summed E-state index contributed by atoms with van der Waals surface area (Å²) < 4.78 is 0. The van der Waals surface area contributed by atoms with Crippen LogP contribution in [0.1, 0.15) is 12.8 Å². The number of likely N-dealkylation sites (tertiary alicyclic amines) is 1. The zero-order valence-electron chi connectivity index (χ0n) is 5.84. The van der Waals surface area contributed by atoms with Crippen LogP contribution in [0.25, 0.3) is 0 Å². The predicted molar refractivity (Wildman–Crippen MR) is 41.9 cm³/mol. The van der Waals surface area contributed by atoms with Crippen molar-refractivity contribution in [3.63, 3.8) is 0 Å². The molecule has 0 radical (unpaired) electrons. The Morgan fingerprint density at radius 2 is 1.78 bits per heavy atom. The molecule has 0 saturated carbocycles. The highest BCUT2D eigenvalue weighted by atomic mass is 32.2. The first-order valence-electron chi connectivity index (χ1n) is 3.68. The molecule has 2 unspecified atom stereocenters. The van der Waals surface area contributed by atoms with Crippen LogP contribution in [0, 0.1) is 0 Å². The van der Waals surface area contributed by atoms with Crippen LogP contribution >= 0.6 is 11.8 Å². The van der Waals surface area contributed by atoms with Gasteiger partial charge in [0.1, 0.15) is 0 Å². The minimum Gasteiger partial charge on any atom is -0.304 e. The number of thioether (sulfide) groups is 1. The van der Waals surface area contributed by atoms with Crippen molar-refractivity contribution < 1.29 is 0 Å². The monoisotopic (exact) mass is 143 g/mol. The van der Waals surface area contributed by atoms with Gasteiger partial charge in [0.25, 0.3) is 0 Å². The van der Waals surface area contributed by atoms with Crippen LogP contribution in [-0.2, 0) is 0 Å². The van der Waals surface area contributed by atoms with E-state index in [1.807, 2.05) is 0 Å². The molecule has 9 heavy (non-hydrogen) atoms. The molecule has 2 atom stereocenters. The zero-order valence-corrected chi connectivity index (χ0v) is 6.66. The number of rotatable bonds is 0. The van der Waals surface area contributed by atoms with E-state index in [0.717, 1.165) is 10.5 Å². The van der Waals surface area contributed by atoms with Gasteiger partial charge in [0.15, 0.2) is 0 Å². The first-order valence-corrected chi connectivity index (χ1v) is 4.63. The maximum absolute atomic E-state index is 2.47. The van der Waals surface area contributed by atoms with Crippen molar-refractivity contribution in [2.45, 2.75) is 23.3 Å². The lowest BCUT2D eigenvalue weighted by Crippen LogP contribution is -2.34. The molecule has 2 aliphatic heterocycles. The van der Waals surface area contributed by atoms with Crippen molar-refractivity contribution >= 4 is 11.8 Å². The topological polar surface area (TPSA) is 3.24 Å². The van der Waals surface area contributed by atoms with Gasteiger partial charge < -0.3 is 4.90 Å². The highest BCUT2D eigenvalue weighted by Gasteiger charge is 2.31. The molecule has 2 rings (SSSR count). The van der Waals surface area contributed by atoms with E-state index in [-0.39, 0.29) is 0 Å². The number of fused-ring (bicyclic) bond motifs is 2. The van der Waals surface area contributed by atoms with Crippen LogP contribution < -0.4 is 0 Å². The van der Waals surface area contributed by atoms with Gasteiger partial charge in [-0.25, -0.2) is 0 Å². The molecule has 0 aliphatic carbocycles. The molecule has 2 aliphatic rings. The van der Waals surface area contributed by atoms with Gasteiger partial charge in [-0.2, -0.15) is 11.8 Å². The Morgan fingerprint density at radius 3 is 2.33 bits per heavy atom. The van der Waals surface area contributed by atoms with Gasteiger partial charge in [-0.05, 0) is 19.9 Å². The predicted octanol–water partition coefficient (Wildman–Crippen LogP) is 1.20. The van der Waals surface area contributed by atoms with Gasteiger partial charge in [0.2, 0.25) is 0 Å².